The Kier molecular flexibility index (Phi) is 4.75. The van der Waals surface area contributed by atoms with E-state index in [2.05, 4.69) is 24.1 Å². The molecule has 0 radical (unpaired) electrons. The molecule has 1 N–H and O–H groups in total. The molecule has 5 nitrogen and oxygen atoms in total. The normalized spacial score (nSPS) is 18.9. The summed E-state index contributed by atoms with van der Waals surface area (Å²) in [7, 11) is 0. The fourth-order valence-corrected chi connectivity index (χ4v) is 2.87. The predicted molar refractivity (Wildman–Crippen MR) is 79.6 cm³/mol. The second-order valence-electron chi connectivity index (χ2n) is 5.69. The Morgan fingerprint density at radius 3 is 2.95 bits per heavy atom. The maximum absolute atomic E-state index is 12.1. The van der Waals surface area contributed by atoms with Gasteiger partial charge in [0.2, 0.25) is 11.8 Å². The third-order valence-electron chi connectivity index (χ3n) is 3.41. The summed E-state index contributed by atoms with van der Waals surface area (Å²) in [4.78, 5) is 31.0. The molecule has 0 aliphatic carbocycles. The zero-order valence-electron chi connectivity index (χ0n) is 12.2. The lowest BCUT2D eigenvalue weighted by molar-refractivity contribution is -0.128. The van der Waals surface area contributed by atoms with Crippen LogP contribution < -0.4 is 5.32 Å². The standard InChI is InChI=1S/C14H21N3O2S/c1-9(2)4-5-17-8-11(6-12(17)18)13(19)16-14-15-7-10(3)20-14/h7,9,11H,4-6,8H2,1-3H3,(H,15,16,19). The summed E-state index contributed by atoms with van der Waals surface area (Å²) in [5.74, 6) is 0.300. The van der Waals surface area contributed by atoms with Crippen molar-refractivity contribution in [3.8, 4) is 0 Å². The average Bonchev–Trinajstić information content (AvgIpc) is 2.93. The molecule has 1 aliphatic heterocycles. The molecule has 6 heteroatoms. The van der Waals surface area contributed by atoms with Gasteiger partial charge in [0.05, 0.1) is 5.92 Å². The van der Waals surface area contributed by atoms with Crippen molar-refractivity contribution in [3.05, 3.63) is 11.1 Å². The van der Waals surface area contributed by atoms with Gasteiger partial charge in [-0.2, -0.15) is 0 Å². The number of likely N-dealkylation sites (tertiary alicyclic amines) is 1. The highest BCUT2D eigenvalue weighted by molar-refractivity contribution is 7.15. The summed E-state index contributed by atoms with van der Waals surface area (Å²) < 4.78 is 0. The van der Waals surface area contributed by atoms with Crippen LogP contribution in [0, 0.1) is 18.8 Å². The van der Waals surface area contributed by atoms with E-state index in [0.717, 1.165) is 17.8 Å². The second-order valence-corrected chi connectivity index (χ2v) is 6.92. The van der Waals surface area contributed by atoms with E-state index in [4.69, 9.17) is 0 Å². The SMILES string of the molecule is Cc1cnc(NC(=O)C2CC(=O)N(CCC(C)C)C2)s1. The van der Waals surface area contributed by atoms with Gasteiger partial charge in [0.15, 0.2) is 5.13 Å². The van der Waals surface area contributed by atoms with E-state index in [1.165, 1.54) is 11.3 Å². The minimum atomic E-state index is -0.251. The molecule has 1 unspecified atom stereocenters. The molecule has 0 aromatic carbocycles. The Balaban J connectivity index is 1.87. The molecule has 0 bridgehead atoms. The van der Waals surface area contributed by atoms with Gasteiger partial charge in [0, 0.05) is 30.6 Å². The molecule has 110 valence electrons. The van der Waals surface area contributed by atoms with E-state index in [1.54, 1.807) is 11.1 Å². The fraction of sp³-hybridized carbons (Fsp3) is 0.643. The van der Waals surface area contributed by atoms with E-state index in [-0.39, 0.29) is 17.7 Å². The molecule has 1 fully saturated rings. The Labute approximate surface area is 123 Å². The van der Waals surface area contributed by atoms with Crippen molar-refractivity contribution in [1.82, 2.24) is 9.88 Å². The van der Waals surface area contributed by atoms with Crippen LogP contribution in [0.5, 0.6) is 0 Å². The molecular weight excluding hydrogens is 274 g/mol. The first-order chi connectivity index (χ1) is 9.45. The smallest absolute Gasteiger partial charge is 0.231 e. The van der Waals surface area contributed by atoms with Crippen LogP contribution in [-0.4, -0.2) is 34.8 Å². The Morgan fingerprint density at radius 1 is 1.60 bits per heavy atom. The average molecular weight is 295 g/mol. The quantitative estimate of drug-likeness (QED) is 0.906. The number of amides is 2. The first-order valence-corrected chi connectivity index (χ1v) is 7.78. The van der Waals surface area contributed by atoms with Gasteiger partial charge in [0.25, 0.3) is 0 Å². The van der Waals surface area contributed by atoms with Crippen LogP contribution in [-0.2, 0) is 9.59 Å². The van der Waals surface area contributed by atoms with E-state index in [0.29, 0.717) is 24.0 Å². The lowest BCUT2D eigenvalue weighted by Crippen LogP contribution is -2.29. The number of aryl methyl sites for hydroxylation is 1. The second kappa shape index (κ2) is 6.35. The third kappa shape index (κ3) is 3.79. The molecule has 0 saturated carbocycles. The van der Waals surface area contributed by atoms with Gasteiger partial charge >= 0.3 is 0 Å². The summed E-state index contributed by atoms with van der Waals surface area (Å²) >= 11 is 1.45. The van der Waals surface area contributed by atoms with Crippen molar-refractivity contribution in [2.75, 3.05) is 18.4 Å². The van der Waals surface area contributed by atoms with Gasteiger partial charge in [-0.1, -0.05) is 13.8 Å². The number of hydrogen-bond acceptors (Lipinski definition) is 4. The van der Waals surface area contributed by atoms with Crippen molar-refractivity contribution in [3.63, 3.8) is 0 Å². The number of anilines is 1. The van der Waals surface area contributed by atoms with Gasteiger partial charge in [-0.05, 0) is 19.3 Å². The van der Waals surface area contributed by atoms with Crippen LogP contribution in [0.15, 0.2) is 6.20 Å². The molecule has 2 rings (SSSR count). The predicted octanol–water partition coefficient (Wildman–Crippen LogP) is 2.28. The number of carbonyl (C=O) groups excluding carboxylic acids is 2. The molecule has 1 saturated heterocycles. The van der Waals surface area contributed by atoms with E-state index in [1.807, 2.05) is 6.92 Å². The number of nitrogens with one attached hydrogen (secondary N) is 1. The molecule has 1 aromatic rings. The summed E-state index contributed by atoms with van der Waals surface area (Å²) in [5, 5.41) is 3.41. The monoisotopic (exact) mass is 295 g/mol. The van der Waals surface area contributed by atoms with Crippen LogP contribution in [0.3, 0.4) is 0 Å². The van der Waals surface area contributed by atoms with Gasteiger partial charge in [0.1, 0.15) is 0 Å². The molecule has 2 heterocycles. The molecule has 1 atom stereocenters. The van der Waals surface area contributed by atoms with Crippen LogP contribution in [0.2, 0.25) is 0 Å². The maximum Gasteiger partial charge on any atom is 0.231 e. The van der Waals surface area contributed by atoms with Crippen LogP contribution in [0.4, 0.5) is 5.13 Å². The minimum absolute atomic E-state index is 0.0844. The zero-order chi connectivity index (χ0) is 14.7. The molecule has 1 aliphatic rings. The Morgan fingerprint density at radius 2 is 2.35 bits per heavy atom. The van der Waals surface area contributed by atoms with Crippen molar-refractivity contribution in [2.24, 2.45) is 11.8 Å². The number of thiazole rings is 1. The van der Waals surface area contributed by atoms with Gasteiger partial charge < -0.3 is 10.2 Å². The Bertz CT molecular complexity index is 498. The van der Waals surface area contributed by atoms with Gasteiger partial charge in [-0.25, -0.2) is 4.98 Å². The number of hydrogen-bond donors (Lipinski definition) is 1. The molecule has 1 aromatic heterocycles. The van der Waals surface area contributed by atoms with Crippen LogP contribution in [0.25, 0.3) is 0 Å². The van der Waals surface area contributed by atoms with Crippen LogP contribution >= 0.6 is 11.3 Å². The van der Waals surface area contributed by atoms with Gasteiger partial charge in [-0.3, -0.25) is 9.59 Å². The summed E-state index contributed by atoms with van der Waals surface area (Å²) in [6.07, 6.45) is 3.02. The Hall–Kier alpha value is -1.43. The highest BCUT2D eigenvalue weighted by Crippen LogP contribution is 2.22. The van der Waals surface area contributed by atoms with Gasteiger partial charge in [-0.15, -0.1) is 11.3 Å². The molecular formula is C14H21N3O2S. The van der Waals surface area contributed by atoms with Crippen LogP contribution in [0.1, 0.15) is 31.6 Å². The van der Waals surface area contributed by atoms with E-state index >= 15 is 0 Å². The van der Waals surface area contributed by atoms with E-state index < -0.39 is 0 Å². The number of carbonyl (C=O) groups is 2. The number of aromatic nitrogens is 1. The zero-order valence-corrected chi connectivity index (χ0v) is 13.0. The summed E-state index contributed by atoms with van der Waals surface area (Å²) in [6.45, 7) is 7.49. The highest BCUT2D eigenvalue weighted by Gasteiger charge is 2.34. The lowest BCUT2D eigenvalue weighted by Gasteiger charge is -2.17. The molecule has 20 heavy (non-hydrogen) atoms. The first kappa shape index (κ1) is 15.0. The van der Waals surface area contributed by atoms with Crippen molar-refractivity contribution < 1.29 is 9.59 Å². The highest BCUT2D eigenvalue weighted by atomic mass is 32.1. The molecule has 0 spiro atoms. The molecule has 2 amide bonds. The van der Waals surface area contributed by atoms with Crippen molar-refractivity contribution in [1.29, 1.82) is 0 Å². The lowest BCUT2D eigenvalue weighted by atomic mass is 10.1. The number of nitrogens with zero attached hydrogens (tertiary/aromatic N) is 2. The fourth-order valence-electron chi connectivity index (χ4n) is 2.20. The van der Waals surface area contributed by atoms with Crippen molar-refractivity contribution >= 4 is 28.3 Å². The van der Waals surface area contributed by atoms with Crippen molar-refractivity contribution in [2.45, 2.75) is 33.6 Å². The first-order valence-electron chi connectivity index (χ1n) is 6.96. The third-order valence-corrected chi connectivity index (χ3v) is 4.24. The summed E-state index contributed by atoms with van der Waals surface area (Å²) in [6, 6.07) is 0. The van der Waals surface area contributed by atoms with E-state index in [9.17, 15) is 9.59 Å². The largest absolute Gasteiger partial charge is 0.342 e. The topological polar surface area (TPSA) is 62.3 Å². The minimum Gasteiger partial charge on any atom is -0.342 e. The number of rotatable bonds is 5. The maximum atomic E-state index is 12.1. The summed E-state index contributed by atoms with van der Waals surface area (Å²) in [5.41, 5.74) is 0.